The van der Waals surface area contributed by atoms with Crippen molar-refractivity contribution in [1.82, 2.24) is 14.8 Å². The first kappa shape index (κ1) is 13.0. The number of nitrogen functional groups attached to an aromatic ring is 1. The largest absolute Gasteiger partial charge is 0.382 e. The van der Waals surface area contributed by atoms with Crippen LogP contribution in [0, 0.1) is 18.3 Å². The van der Waals surface area contributed by atoms with Crippen LogP contribution in [0.2, 0.25) is 0 Å². The van der Waals surface area contributed by atoms with E-state index in [0.29, 0.717) is 21.5 Å². The zero-order valence-electron chi connectivity index (χ0n) is 10.9. The van der Waals surface area contributed by atoms with Crippen molar-refractivity contribution in [1.29, 1.82) is 5.26 Å². The summed E-state index contributed by atoms with van der Waals surface area (Å²) in [5.41, 5.74) is 8.49. The second-order valence-electron chi connectivity index (χ2n) is 4.21. The first-order chi connectivity index (χ1) is 9.65. The molecular weight excluding hydrogens is 290 g/mol. The highest BCUT2D eigenvalue weighted by Crippen LogP contribution is 2.31. The Morgan fingerprint density at radius 3 is 2.85 bits per heavy atom. The number of nitrogens with zero attached hydrogens (tertiary/aromatic N) is 4. The minimum absolute atomic E-state index is 0.341. The van der Waals surface area contributed by atoms with Crippen molar-refractivity contribution in [3.05, 3.63) is 29.3 Å². The molecule has 0 spiro atoms. The molecule has 2 aromatic heterocycles. The molecule has 0 aliphatic heterocycles. The topological polar surface area (TPSA) is 80.5 Å². The lowest BCUT2D eigenvalue weighted by Crippen LogP contribution is -2.01. The molecule has 0 saturated carbocycles. The molecule has 0 unspecified atom stereocenters. The monoisotopic (exact) mass is 301 g/mol. The van der Waals surface area contributed by atoms with Crippen LogP contribution in [0.5, 0.6) is 0 Å². The zero-order valence-corrected chi connectivity index (χ0v) is 12.5. The number of hydrogen-bond acceptors (Lipinski definition) is 6. The summed E-state index contributed by atoms with van der Waals surface area (Å²) < 4.78 is 2.63. The highest BCUT2D eigenvalue weighted by atomic mass is 32.2. The van der Waals surface area contributed by atoms with Gasteiger partial charge in [-0.1, -0.05) is 23.5 Å². The van der Waals surface area contributed by atoms with E-state index in [9.17, 15) is 0 Å². The van der Waals surface area contributed by atoms with Crippen LogP contribution in [0.4, 0.5) is 5.82 Å². The third kappa shape index (κ3) is 1.85. The molecule has 0 radical (unpaired) electrons. The van der Waals surface area contributed by atoms with Crippen LogP contribution >= 0.6 is 23.1 Å². The Bertz CT molecular complexity index is 840. The number of fused-ring (bicyclic) bond motifs is 1. The zero-order chi connectivity index (χ0) is 14.3. The van der Waals surface area contributed by atoms with Crippen LogP contribution in [-0.2, 0) is 0 Å². The summed E-state index contributed by atoms with van der Waals surface area (Å²) in [5, 5.41) is 14.8. The maximum absolute atomic E-state index is 9.16. The maximum atomic E-state index is 9.16. The highest BCUT2D eigenvalue weighted by molar-refractivity contribution is 7.98. The summed E-state index contributed by atoms with van der Waals surface area (Å²) in [5.74, 6) is 0.341. The van der Waals surface area contributed by atoms with E-state index >= 15 is 0 Å². The fourth-order valence-corrected chi connectivity index (χ4v) is 3.50. The number of thioether (sulfide) groups is 1. The first-order valence-electron chi connectivity index (χ1n) is 5.84. The number of para-hydroxylation sites is 1. The van der Waals surface area contributed by atoms with E-state index in [2.05, 4.69) is 16.2 Å². The van der Waals surface area contributed by atoms with Gasteiger partial charge in [0.2, 0.25) is 5.13 Å². The molecule has 0 bridgehead atoms. The number of hydrogen-bond donors (Lipinski definition) is 1. The molecule has 0 atom stereocenters. The van der Waals surface area contributed by atoms with Gasteiger partial charge in [-0.05, 0) is 24.8 Å². The van der Waals surface area contributed by atoms with Gasteiger partial charge in [0, 0.05) is 0 Å². The van der Waals surface area contributed by atoms with Crippen molar-refractivity contribution in [2.24, 2.45) is 0 Å². The average Bonchev–Trinajstić information content (AvgIpc) is 3.00. The molecule has 2 heterocycles. The lowest BCUT2D eigenvalue weighted by atomic mass is 10.2. The number of thiazole rings is 1. The summed E-state index contributed by atoms with van der Waals surface area (Å²) in [6, 6.07) is 8.14. The lowest BCUT2D eigenvalue weighted by Gasteiger charge is -1.96. The van der Waals surface area contributed by atoms with Crippen LogP contribution in [0.15, 0.2) is 23.2 Å². The number of aryl methyl sites for hydroxylation is 1. The van der Waals surface area contributed by atoms with E-state index in [4.69, 9.17) is 11.0 Å². The summed E-state index contributed by atoms with van der Waals surface area (Å²) in [4.78, 5) is 4.59. The predicted molar refractivity (Wildman–Crippen MR) is 82.4 cm³/mol. The smallest absolute Gasteiger partial charge is 0.213 e. The van der Waals surface area contributed by atoms with E-state index in [1.807, 2.05) is 31.4 Å². The van der Waals surface area contributed by atoms with Crippen LogP contribution in [0.1, 0.15) is 11.1 Å². The van der Waals surface area contributed by atoms with Crippen molar-refractivity contribution < 1.29 is 0 Å². The Labute approximate surface area is 124 Å². The van der Waals surface area contributed by atoms with Gasteiger partial charge in [-0.25, -0.2) is 4.98 Å². The van der Waals surface area contributed by atoms with Crippen LogP contribution in [0.25, 0.3) is 15.3 Å². The molecule has 5 nitrogen and oxygen atoms in total. The van der Waals surface area contributed by atoms with Gasteiger partial charge in [-0.15, -0.1) is 11.8 Å². The predicted octanol–water partition coefficient (Wildman–Crippen LogP) is 2.97. The average molecular weight is 301 g/mol. The van der Waals surface area contributed by atoms with Crippen LogP contribution in [0.3, 0.4) is 0 Å². The Morgan fingerprint density at radius 2 is 2.25 bits per heavy atom. The minimum Gasteiger partial charge on any atom is -0.382 e. The van der Waals surface area contributed by atoms with Crippen molar-refractivity contribution in [2.75, 3.05) is 12.0 Å². The van der Waals surface area contributed by atoms with Gasteiger partial charge in [0.05, 0.1) is 10.2 Å². The quantitative estimate of drug-likeness (QED) is 0.736. The van der Waals surface area contributed by atoms with E-state index in [0.717, 1.165) is 15.8 Å². The van der Waals surface area contributed by atoms with E-state index in [1.54, 1.807) is 4.68 Å². The molecule has 0 saturated heterocycles. The molecule has 0 aliphatic carbocycles. The molecule has 20 heavy (non-hydrogen) atoms. The normalized spacial score (nSPS) is 10.8. The Hall–Kier alpha value is -2.04. The molecule has 0 aliphatic rings. The van der Waals surface area contributed by atoms with Gasteiger partial charge in [-0.3, -0.25) is 0 Å². The van der Waals surface area contributed by atoms with Crippen LogP contribution in [-0.4, -0.2) is 21.0 Å². The number of anilines is 1. The molecule has 3 rings (SSSR count). The second-order valence-corrected chi connectivity index (χ2v) is 6.02. The van der Waals surface area contributed by atoms with E-state index < -0.39 is 0 Å². The van der Waals surface area contributed by atoms with Gasteiger partial charge < -0.3 is 5.73 Å². The van der Waals surface area contributed by atoms with Gasteiger partial charge in [0.25, 0.3) is 0 Å². The van der Waals surface area contributed by atoms with Crippen molar-refractivity contribution in [3.8, 4) is 11.2 Å². The molecular formula is C13H11N5S2. The molecule has 0 amide bonds. The number of aromatic nitrogens is 3. The molecule has 3 aromatic rings. The summed E-state index contributed by atoms with van der Waals surface area (Å²) in [6.07, 6.45) is 1.87. The third-order valence-corrected chi connectivity index (χ3v) is 4.65. The molecule has 1 aromatic carbocycles. The van der Waals surface area contributed by atoms with Gasteiger partial charge in [-0.2, -0.15) is 15.0 Å². The fourth-order valence-electron chi connectivity index (χ4n) is 1.97. The van der Waals surface area contributed by atoms with Gasteiger partial charge >= 0.3 is 0 Å². The van der Waals surface area contributed by atoms with Crippen LogP contribution < -0.4 is 5.73 Å². The van der Waals surface area contributed by atoms with E-state index in [1.165, 1.54) is 23.1 Å². The minimum atomic E-state index is 0.341. The third-order valence-electron chi connectivity index (χ3n) is 2.98. The summed E-state index contributed by atoms with van der Waals surface area (Å²) >= 11 is 2.91. The number of benzene rings is 1. The number of nitrogens with two attached hydrogens (primary N) is 1. The molecule has 0 fully saturated rings. The Morgan fingerprint density at radius 1 is 1.45 bits per heavy atom. The fraction of sp³-hybridized carbons (Fsp3) is 0.154. The second kappa shape index (κ2) is 4.81. The molecule has 100 valence electrons. The maximum Gasteiger partial charge on any atom is 0.213 e. The van der Waals surface area contributed by atoms with Crippen molar-refractivity contribution in [3.63, 3.8) is 0 Å². The first-order valence-corrected chi connectivity index (χ1v) is 7.89. The Kier molecular flexibility index (Phi) is 3.12. The van der Waals surface area contributed by atoms with E-state index in [-0.39, 0.29) is 0 Å². The standard InChI is InChI=1S/C13H11N5S2/c1-7-4-3-5-9-10(7)16-13(20-9)18-11(15)8(6-14)12(17-18)19-2/h3-5H,15H2,1-2H3. The number of nitriles is 1. The number of rotatable bonds is 2. The molecule has 7 heteroatoms. The van der Waals surface area contributed by atoms with Gasteiger partial charge in [0.1, 0.15) is 22.5 Å². The summed E-state index contributed by atoms with van der Waals surface area (Å²) in [7, 11) is 0. The summed E-state index contributed by atoms with van der Waals surface area (Å²) in [6.45, 7) is 2.02. The molecule has 2 N–H and O–H groups in total. The lowest BCUT2D eigenvalue weighted by molar-refractivity contribution is 0.840. The van der Waals surface area contributed by atoms with Crippen molar-refractivity contribution in [2.45, 2.75) is 11.9 Å². The SMILES string of the molecule is CSc1nn(-c2nc3c(C)cccc3s2)c(N)c1C#N. The van der Waals surface area contributed by atoms with Crippen molar-refractivity contribution >= 4 is 39.1 Å². The highest BCUT2D eigenvalue weighted by Gasteiger charge is 2.18. The Balaban J connectivity index is 2.24. The van der Waals surface area contributed by atoms with Gasteiger partial charge in [0.15, 0.2) is 0 Å².